The van der Waals surface area contributed by atoms with Crippen LogP contribution < -0.4 is 4.90 Å². The molecule has 30 heavy (non-hydrogen) atoms. The SMILES string of the molecule is CN1C(=O)[C@@]2(c3ccccc31)C(C(=O)c1ccc([N+](=O)[O-])cc1)[C@H]2c1ccccc1. The van der Waals surface area contributed by atoms with Gasteiger partial charge in [-0.3, -0.25) is 19.7 Å². The number of carbonyl (C=O) groups excluding carboxylic acids is 2. The van der Waals surface area contributed by atoms with Crippen molar-refractivity contribution in [1.82, 2.24) is 0 Å². The van der Waals surface area contributed by atoms with Crippen LogP contribution in [0.1, 0.15) is 27.4 Å². The second kappa shape index (κ2) is 6.35. The molecule has 0 radical (unpaired) electrons. The molecule has 1 amide bonds. The van der Waals surface area contributed by atoms with Gasteiger partial charge in [0.05, 0.1) is 10.3 Å². The van der Waals surface area contributed by atoms with E-state index >= 15 is 0 Å². The molecule has 1 unspecified atom stereocenters. The number of likely N-dealkylation sites (N-methyl/N-ethyl adjacent to an activating group) is 1. The van der Waals surface area contributed by atoms with E-state index < -0.39 is 16.3 Å². The molecular formula is C24H18N2O4. The van der Waals surface area contributed by atoms with Crippen LogP contribution in [-0.4, -0.2) is 23.7 Å². The number of benzene rings is 3. The van der Waals surface area contributed by atoms with Gasteiger partial charge in [0.15, 0.2) is 5.78 Å². The summed E-state index contributed by atoms with van der Waals surface area (Å²) in [7, 11) is 1.74. The molecule has 1 aliphatic carbocycles. The summed E-state index contributed by atoms with van der Waals surface area (Å²) in [6.07, 6.45) is 0. The summed E-state index contributed by atoms with van der Waals surface area (Å²) >= 11 is 0. The molecule has 0 bridgehead atoms. The minimum absolute atomic E-state index is 0.0707. The highest BCUT2D eigenvalue weighted by atomic mass is 16.6. The molecule has 0 aromatic heterocycles. The van der Waals surface area contributed by atoms with Crippen molar-refractivity contribution in [2.24, 2.45) is 5.92 Å². The molecule has 2 aliphatic rings. The van der Waals surface area contributed by atoms with Crippen molar-refractivity contribution in [3.05, 3.63) is 106 Å². The Morgan fingerprint density at radius 1 is 0.967 bits per heavy atom. The minimum atomic E-state index is -0.939. The molecule has 1 saturated carbocycles. The predicted molar refractivity (Wildman–Crippen MR) is 112 cm³/mol. The second-order valence-corrected chi connectivity index (χ2v) is 7.78. The van der Waals surface area contributed by atoms with Crippen LogP contribution in [0, 0.1) is 16.0 Å². The van der Waals surface area contributed by atoms with Crippen LogP contribution in [0.4, 0.5) is 11.4 Å². The van der Waals surface area contributed by atoms with E-state index in [1.807, 2.05) is 54.6 Å². The lowest BCUT2D eigenvalue weighted by atomic mass is 9.90. The average molecular weight is 398 g/mol. The molecule has 3 atom stereocenters. The number of nitro groups is 1. The lowest BCUT2D eigenvalue weighted by Gasteiger charge is -2.12. The quantitative estimate of drug-likeness (QED) is 0.376. The van der Waals surface area contributed by atoms with Gasteiger partial charge in [-0.2, -0.15) is 0 Å². The number of rotatable bonds is 4. The van der Waals surface area contributed by atoms with Crippen LogP contribution >= 0.6 is 0 Å². The molecule has 1 aliphatic heterocycles. The number of ketones is 1. The Hall–Kier alpha value is -3.80. The van der Waals surface area contributed by atoms with E-state index in [-0.39, 0.29) is 23.3 Å². The summed E-state index contributed by atoms with van der Waals surface area (Å²) in [5.74, 6) is -1.09. The molecular weight excluding hydrogens is 380 g/mol. The third-order valence-corrected chi connectivity index (χ3v) is 6.38. The van der Waals surface area contributed by atoms with E-state index in [9.17, 15) is 19.7 Å². The maximum absolute atomic E-state index is 13.6. The van der Waals surface area contributed by atoms with Crippen molar-refractivity contribution in [3.8, 4) is 0 Å². The van der Waals surface area contributed by atoms with Crippen LogP contribution in [0.5, 0.6) is 0 Å². The first-order valence-electron chi connectivity index (χ1n) is 9.69. The van der Waals surface area contributed by atoms with Gasteiger partial charge in [-0.1, -0.05) is 48.5 Å². The maximum atomic E-state index is 13.6. The first kappa shape index (κ1) is 18.2. The molecule has 3 aromatic rings. The smallest absolute Gasteiger partial charge is 0.269 e. The topological polar surface area (TPSA) is 80.5 Å². The van der Waals surface area contributed by atoms with Gasteiger partial charge in [0.25, 0.3) is 5.69 Å². The van der Waals surface area contributed by atoms with Crippen LogP contribution in [0.15, 0.2) is 78.9 Å². The maximum Gasteiger partial charge on any atom is 0.269 e. The Balaban J connectivity index is 1.64. The van der Waals surface area contributed by atoms with Crippen molar-refractivity contribution in [1.29, 1.82) is 0 Å². The van der Waals surface area contributed by atoms with Crippen molar-refractivity contribution < 1.29 is 14.5 Å². The Morgan fingerprint density at radius 3 is 2.27 bits per heavy atom. The molecule has 0 N–H and O–H groups in total. The van der Waals surface area contributed by atoms with E-state index in [0.717, 1.165) is 16.8 Å². The number of hydrogen-bond donors (Lipinski definition) is 0. The van der Waals surface area contributed by atoms with Gasteiger partial charge in [0.2, 0.25) is 5.91 Å². The molecule has 0 saturated heterocycles. The number of fused-ring (bicyclic) bond motifs is 2. The number of hydrogen-bond acceptors (Lipinski definition) is 4. The Bertz CT molecular complexity index is 1190. The Labute approximate surface area is 172 Å². The number of non-ortho nitro benzene ring substituents is 1. The highest BCUT2D eigenvalue weighted by Crippen LogP contribution is 2.71. The highest BCUT2D eigenvalue weighted by molar-refractivity contribution is 6.18. The van der Waals surface area contributed by atoms with Gasteiger partial charge in [-0.15, -0.1) is 0 Å². The largest absolute Gasteiger partial charge is 0.314 e. The number of amides is 1. The normalized spacial score (nSPS) is 24.0. The summed E-state index contributed by atoms with van der Waals surface area (Å²) in [5, 5.41) is 11.0. The monoisotopic (exact) mass is 398 g/mol. The number of nitrogens with zero attached hydrogens (tertiary/aromatic N) is 2. The first-order valence-corrected chi connectivity index (χ1v) is 9.69. The third kappa shape index (κ3) is 2.30. The summed E-state index contributed by atoms with van der Waals surface area (Å²) < 4.78 is 0. The Kier molecular flexibility index (Phi) is 3.86. The molecule has 1 heterocycles. The van der Waals surface area contributed by atoms with E-state index in [1.54, 1.807) is 11.9 Å². The van der Waals surface area contributed by atoms with Crippen molar-refractivity contribution in [3.63, 3.8) is 0 Å². The molecule has 1 spiro atoms. The summed E-state index contributed by atoms with van der Waals surface area (Å²) in [6.45, 7) is 0. The van der Waals surface area contributed by atoms with E-state index in [0.29, 0.717) is 5.56 Å². The number of anilines is 1. The zero-order chi connectivity index (χ0) is 21.0. The van der Waals surface area contributed by atoms with Crippen LogP contribution in [-0.2, 0) is 10.2 Å². The van der Waals surface area contributed by atoms with E-state index in [1.165, 1.54) is 24.3 Å². The molecule has 6 nitrogen and oxygen atoms in total. The van der Waals surface area contributed by atoms with Gasteiger partial charge in [-0.25, -0.2) is 0 Å². The summed E-state index contributed by atoms with van der Waals surface area (Å²) in [5.41, 5.74) is 2.00. The molecule has 6 heteroatoms. The van der Waals surface area contributed by atoms with Gasteiger partial charge < -0.3 is 4.90 Å². The number of para-hydroxylation sites is 1. The average Bonchev–Trinajstić information content (AvgIpc) is 3.43. The number of carbonyl (C=O) groups is 2. The molecule has 5 rings (SSSR count). The summed E-state index contributed by atoms with van der Waals surface area (Å²) in [4.78, 5) is 39.2. The first-order chi connectivity index (χ1) is 14.5. The van der Waals surface area contributed by atoms with Gasteiger partial charge in [0, 0.05) is 42.3 Å². The number of Topliss-reactive ketones (excluding diaryl/α,β-unsaturated/α-hetero) is 1. The highest BCUT2D eigenvalue weighted by Gasteiger charge is 2.76. The minimum Gasteiger partial charge on any atom is -0.314 e. The fourth-order valence-corrected chi connectivity index (χ4v) is 5.01. The zero-order valence-electron chi connectivity index (χ0n) is 16.2. The van der Waals surface area contributed by atoms with Crippen LogP contribution in [0.3, 0.4) is 0 Å². The molecule has 3 aromatic carbocycles. The van der Waals surface area contributed by atoms with E-state index in [4.69, 9.17) is 0 Å². The predicted octanol–water partition coefficient (Wildman–Crippen LogP) is 4.11. The van der Waals surface area contributed by atoms with Crippen LogP contribution in [0.2, 0.25) is 0 Å². The van der Waals surface area contributed by atoms with Crippen molar-refractivity contribution in [2.45, 2.75) is 11.3 Å². The van der Waals surface area contributed by atoms with Gasteiger partial charge >= 0.3 is 0 Å². The summed E-state index contributed by atoms with van der Waals surface area (Å²) in [6, 6.07) is 22.8. The lowest BCUT2D eigenvalue weighted by molar-refractivity contribution is -0.384. The third-order valence-electron chi connectivity index (χ3n) is 6.38. The fraction of sp³-hybridized carbons (Fsp3) is 0.167. The van der Waals surface area contributed by atoms with Crippen molar-refractivity contribution >= 4 is 23.1 Å². The van der Waals surface area contributed by atoms with Gasteiger partial charge in [-0.05, 0) is 29.3 Å². The Morgan fingerprint density at radius 2 is 1.60 bits per heavy atom. The zero-order valence-corrected chi connectivity index (χ0v) is 16.2. The number of nitro benzene ring substituents is 1. The van der Waals surface area contributed by atoms with E-state index in [2.05, 4.69) is 0 Å². The van der Waals surface area contributed by atoms with Crippen LogP contribution in [0.25, 0.3) is 0 Å². The molecule has 1 fully saturated rings. The second-order valence-electron chi connectivity index (χ2n) is 7.78. The van der Waals surface area contributed by atoms with Gasteiger partial charge in [0.1, 0.15) is 0 Å². The molecule has 148 valence electrons. The lowest BCUT2D eigenvalue weighted by Crippen LogP contribution is -2.31. The standard InChI is InChI=1S/C24H18N2O4/c1-25-19-10-6-5-9-18(19)24(23(25)28)20(15-7-3-2-4-8-15)21(24)22(27)16-11-13-17(14-12-16)26(29)30/h2-14,20-21H,1H3/t20-,21?,24-/m1/s1. The fourth-order valence-electron chi connectivity index (χ4n) is 5.01. The van der Waals surface area contributed by atoms with Crippen molar-refractivity contribution in [2.75, 3.05) is 11.9 Å².